The summed E-state index contributed by atoms with van der Waals surface area (Å²) in [6.45, 7) is 1.61. The molecule has 0 aliphatic heterocycles. The van der Waals surface area contributed by atoms with Crippen LogP contribution >= 0.6 is 0 Å². The zero-order chi connectivity index (χ0) is 14.5. The van der Waals surface area contributed by atoms with Gasteiger partial charge in [-0.15, -0.1) is 0 Å². The fourth-order valence-corrected chi connectivity index (χ4v) is 2.81. The smallest absolute Gasteiger partial charge is 0.421 e. The molecule has 0 aromatic carbocycles. The van der Waals surface area contributed by atoms with E-state index in [-0.39, 0.29) is 19.6 Å². The number of hydrogen-bond acceptors (Lipinski definition) is 5. The number of amides is 1. The molecule has 8 nitrogen and oxygen atoms in total. The molecule has 1 rings (SSSR count). The normalized spacial score (nSPS) is 17.3. The van der Waals surface area contributed by atoms with E-state index in [1.54, 1.807) is 11.6 Å². The van der Waals surface area contributed by atoms with Gasteiger partial charge in [-0.05, 0) is 25.2 Å². The van der Waals surface area contributed by atoms with Crippen LogP contribution in [0.3, 0.4) is 0 Å². The molecule has 0 spiro atoms. The Morgan fingerprint density at radius 1 is 1.37 bits per heavy atom. The molecule has 19 heavy (non-hydrogen) atoms. The summed E-state index contributed by atoms with van der Waals surface area (Å²) in [6.07, 6.45) is 1.04. The highest BCUT2D eigenvalue weighted by Crippen LogP contribution is 2.43. The second kappa shape index (κ2) is 6.20. The van der Waals surface area contributed by atoms with Gasteiger partial charge in [-0.3, -0.25) is 4.79 Å². The molecule has 0 aromatic heterocycles. The van der Waals surface area contributed by atoms with Gasteiger partial charge in [-0.2, -0.15) is 13.1 Å². The zero-order valence-corrected chi connectivity index (χ0v) is 11.5. The topological polar surface area (TPSA) is 122 Å². The van der Waals surface area contributed by atoms with E-state index in [9.17, 15) is 18.0 Å². The largest absolute Gasteiger partial charge is 0.481 e. The SMILES string of the molecule is CCOC(=O)NS(=O)(=O)NCC1(CC(=O)O)CCC1. The predicted molar refractivity (Wildman–Crippen MR) is 65.6 cm³/mol. The predicted octanol–water partition coefficient (Wildman–Crippen LogP) is 0.212. The maximum atomic E-state index is 11.5. The molecule has 0 bridgehead atoms. The minimum Gasteiger partial charge on any atom is -0.481 e. The number of nitrogens with one attached hydrogen (secondary N) is 2. The van der Waals surface area contributed by atoms with Crippen LogP contribution in [0, 0.1) is 5.41 Å². The lowest BCUT2D eigenvalue weighted by Crippen LogP contribution is -2.48. The first-order valence-corrected chi connectivity index (χ1v) is 7.43. The van der Waals surface area contributed by atoms with E-state index < -0.39 is 27.7 Å². The molecular weight excluding hydrogens is 276 g/mol. The lowest BCUT2D eigenvalue weighted by Gasteiger charge is -2.40. The van der Waals surface area contributed by atoms with Crippen LogP contribution in [-0.2, 0) is 19.7 Å². The van der Waals surface area contributed by atoms with Crippen molar-refractivity contribution in [3.8, 4) is 0 Å². The van der Waals surface area contributed by atoms with E-state index >= 15 is 0 Å². The molecule has 1 fully saturated rings. The Kier molecular flexibility index (Phi) is 5.12. The van der Waals surface area contributed by atoms with Crippen molar-refractivity contribution in [2.24, 2.45) is 5.41 Å². The highest BCUT2D eigenvalue weighted by atomic mass is 32.2. The second-order valence-corrected chi connectivity index (χ2v) is 6.07. The van der Waals surface area contributed by atoms with Gasteiger partial charge in [-0.25, -0.2) is 9.52 Å². The van der Waals surface area contributed by atoms with Crippen LogP contribution in [0.4, 0.5) is 4.79 Å². The van der Waals surface area contributed by atoms with E-state index in [0.717, 1.165) is 6.42 Å². The van der Waals surface area contributed by atoms with Crippen LogP contribution in [0.1, 0.15) is 32.6 Å². The zero-order valence-electron chi connectivity index (χ0n) is 10.6. The van der Waals surface area contributed by atoms with Crippen molar-refractivity contribution in [1.82, 2.24) is 9.44 Å². The van der Waals surface area contributed by atoms with Crippen LogP contribution in [0.5, 0.6) is 0 Å². The minimum atomic E-state index is -4.02. The highest BCUT2D eigenvalue weighted by molar-refractivity contribution is 7.88. The molecule has 110 valence electrons. The Labute approximate surface area is 111 Å². The lowest BCUT2D eigenvalue weighted by atomic mass is 9.67. The van der Waals surface area contributed by atoms with Crippen LogP contribution in [0.25, 0.3) is 0 Å². The van der Waals surface area contributed by atoms with Gasteiger partial charge in [0.15, 0.2) is 0 Å². The summed E-state index contributed by atoms with van der Waals surface area (Å²) in [5, 5.41) is 8.79. The molecule has 0 radical (unpaired) electrons. The van der Waals surface area contributed by atoms with Crippen molar-refractivity contribution in [1.29, 1.82) is 0 Å². The van der Waals surface area contributed by atoms with Crippen molar-refractivity contribution in [3.05, 3.63) is 0 Å². The summed E-state index contributed by atoms with van der Waals surface area (Å²) < 4.78 is 31.4. The summed E-state index contributed by atoms with van der Waals surface area (Å²) >= 11 is 0. The Morgan fingerprint density at radius 3 is 2.42 bits per heavy atom. The molecule has 1 aliphatic rings. The molecule has 0 saturated heterocycles. The molecule has 0 atom stereocenters. The first-order chi connectivity index (χ1) is 8.79. The third kappa shape index (κ3) is 5.03. The quantitative estimate of drug-likeness (QED) is 0.617. The van der Waals surface area contributed by atoms with Crippen molar-refractivity contribution in [2.45, 2.75) is 32.6 Å². The molecule has 1 aliphatic carbocycles. The molecule has 9 heteroatoms. The first kappa shape index (κ1) is 15.7. The number of carboxylic acids is 1. The van der Waals surface area contributed by atoms with Gasteiger partial charge >= 0.3 is 22.3 Å². The van der Waals surface area contributed by atoms with Crippen LogP contribution < -0.4 is 9.44 Å². The fraction of sp³-hybridized carbons (Fsp3) is 0.800. The fourth-order valence-electron chi connectivity index (χ4n) is 1.97. The Bertz CT molecular complexity index is 443. The number of carbonyl (C=O) groups is 2. The standard InChI is InChI=1S/C10H18N2O6S/c1-2-18-9(15)12-19(16,17)11-7-10(4-3-5-10)6-8(13)14/h11H,2-7H2,1H3,(H,12,15)(H,13,14). The average molecular weight is 294 g/mol. The van der Waals surface area contributed by atoms with Gasteiger partial charge in [0.25, 0.3) is 0 Å². The molecule has 0 heterocycles. The van der Waals surface area contributed by atoms with Crippen LogP contribution in [0.15, 0.2) is 0 Å². The second-order valence-electron chi connectivity index (χ2n) is 4.57. The third-order valence-electron chi connectivity index (χ3n) is 3.07. The molecule has 0 unspecified atom stereocenters. The van der Waals surface area contributed by atoms with E-state index in [1.165, 1.54) is 0 Å². The van der Waals surface area contributed by atoms with E-state index in [1.807, 2.05) is 0 Å². The van der Waals surface area contributed by atoms with Crippen molar-refractivity contribution in [2.75, 3.05) is 13.2 Å². The Balaban J connectivity index is 2.50. The number of rotatable bonds is 7. The number of aliphatic carboxylic acids is 1. The first-order valence-electron chi connectivity index (χ1n) is 5.94. The van der Waals surface area contributed by atoms with Gasteiger partial charge in [0.1, 0.15) is 0 Å². The summed E-state index contributed by atoms with van der Waals surface area (Å²) in [6, 6.07) is 0. The van der Waals surface area contributed by atoms with E-state index in [0.29, 0.717) is 12.8 Å². The third-order valence-corrected chi connectivity index (χ3v) is 4.03. The monoisotopic (exact) mass is 294 g/mol. The van der Waals surface area contributed by atoms with E-state index in [2.05, 4.69) is 9.46 Å². The number of ether oxygens (including phenoxy) is 1. The van der Waals surface area contributed by atoms with Crippen LogP contribution in [-0.4, -0.2) is 38.7 Å². The van der Waals surface area contributed by atoms with Crippen molar-refractivity contribution in [3.63, 3.8) is 0 Å². The molecule has 0 aromatic rings. The molecular formula is C10H18N2O6S. The Morgan fingerprint density at radius 2 is 2.00 bits per heavy atom. The minimum absolute atomic E-state index is 0.00591. The van der Waals surface area contributed by atoms with Gasteiger partial charge in [-0.1, -0.05) is 6.42 Å². The molecule has 1 saturated carbocycles. The van der Waals surface area contributed by atoms with Gasteiger partial charge in [0.05, 0.1) is 13.0 Å². The maximum Gasteiger partial charge on any atom is 0.421 e. The van der Waals surface area contributed by atoms with Gasteiger partial charge < -0.3 is 9.84 Å². The summed E-state index contributed by atoms with van der Waals surface area (Å²) in [7, 11) is -4.02. The van der Waals surface area contributed by atoms with Gasteiger partial charge in [0.2, 0.25) is 0 Å². The summed E-state index contributed by atoms with van der Waals surface area (Å²) in [5.41, 5.74) is -0.546. The number of carboxylic acid groups (broad SMARTS) is 1. The lowest BCUT2D eigenvalue weighted by molar-refractivity contribution is -0.141. The molecule has 1 amide bonds. The molecule has 3 N–H and O–H groups in total. The average Bonchev–Trinajstić information content (AvgIpc) is 2.21. The van der Waals surface area contributed by atoms with E-state index in [4.69, 9.17) is 5.11 Å². The number of carbonyl (C=O) groups excluding carboxylic acids is 1. The van der Waals surface area contributed by atoms with Crippen molar-refractivity contribution >= 4 is 22.3 Å². The summed E-state index contributed by atoms with van der Waals surface area (Å²) in [5.74, 6) is -0.961. The van der Waals surface area contributed by atoms with Gasteiger partial charge in [0, 0.05) is 6.54 Å². The number of hydrogen-bond donors (Lipinski definition) is 3. The van der Waals surface area contributed by atoms with Crippen molar-refractivity contribution < 1.29 is 27.9 Å². The summed E-state index contributed by atoms with van der Waals surface area (Å²) in [4.78, 5) is 21.7. The van der Waals surface area contributed by atoms with Crippen LogP contribution in [0.2, 0.25) is 0 Å². The highest BCUT2D eigenvalue weighted by Gasteiger charge is 2.39. The Hall–Kier alpha value is -1.35. The maximum absolute atomic E-state index is 11.5.